The summed E-state index contributed by atoms with van der Waals surface area (Å²) < 4.78 is 40.6. The first-order chi connectivity index (χ1) is 10.8. The second-order valence-corrected chi connectivity index (χ2v) is 5.15. The Balaban J connectivity index is 1.93. The normalized spacial score (nSPS) is 17.9. The molecule has 1 fully saturated rings. The van der Waals surface area contributed by atoms with Crippen LogP contribution in [0.1, 0.15) is 19.8 Å². The lowest BCUT2D eigenvalue weighted by molar-refractivity contribution is -0.154. The fourth-order valence-electron chi connectivity index (χ4n) is 2.34. The van der Waals surface area contributed by atoms with Crippen molar-refractivity contribution in [1.29, 1.82) is 0 Å². The molecule has 126 valence electrons. The van der Waals surface area contributed by atoms with Crippen molar-refractivity contribution < 1.29 is 27.5 Å². The summed E-state index contributed by atoms with van der Waals surface area (Å²) in [5.41, 5.74) is 0.324. The van der Waals surface area contributed by atoms with Crippen LogP contribution in [0, 0.1) is 0 Å². The van der Waals surface area contributed by atoms with Crippen molar-refractivity contribution in [3.8, 4) is 5.88 Å². The lowest BCUT2D eigenvalue weighted by Crippen LogP contribution is -2.42. The van der Waals surface area contributed by atoms with Crippen molar-refractivity contribution in [2.24, 2.45) is 0 Å². The maximum absolute atomic E-state index is 12.2. The van der Waals surface area contributed by atoms with E-state index in [1.807, 2.05) is 0 Å². The number of hydrogen-bond donors (Lipinski definition) is 1. The maximum atomic E-state index is 12.2. The Hall–Kier alpha value is -2.32. The van der Waals surface area contributed by atoms with E-state index in [1.165, 1.54) is 30.2 Å². The second kappa shape index (κ2) is 6.84. The van der Waals surface area contributed by atoms with Gasteiger partial charge in [-0.15, -0.1) is 0 Å². The maximum Gasteiger partial charge on any atom is 0.422 e. The molecule has 1 atom stereocenters. The topological polar surface area (TPSA) is 71.5 Å². The molecule has 6 nitrogen and oxygen atoms in total. The minimum Gasteiger partial charge on any atom is -0.468 e. The predicted molar refractivity (Wildman–Crippen MR) is 74.8 cm³/mol. The molecule has 1 saturated heterocycles. The van der Waals surface area contributed by atoms with Gasteiger partial charge in [-0.3, -0.25) is 9.59 Å². The van der Waals surface area contributed by atoms with Crippen molar-refractivity contribution in [2.45, 2.75) is 32.0 Å². The van der Waals surface area contributed by atoms with E-state index in [2.05, 4.69) is 15.0 Å². The molecular weight excluding hydrogens is 315 g/mol. The number of ether oxygens (including phenoxy) is 1. The van der Waals surface area contributed by atoms with Crippen LogP contribution in [-0.2, 0) is 9.59 Å². The molecule has 1 aromatic heterocycles. The van der Waals surface area contributed by atoms with Gasteiger partial charge in [0.15, 0.2) is 6.61 Å². The van der Waals surface area contributed by atoms with Gasteiger partial charge in [0, 0.05) is 19.5 Å². The SMILES string of the molecule is CC(=O)N1CCCC1C(=O)Nc1ccc(OCC(F)(F)F)nc1. The predicted octanol–water partition coefficient (Wildman–Crippen LogP) is 1.97. The molecule has 0 saturated carbocycles. The zero-order chi connectivity index (χ0) is 17.0. The average Bonchev–Trinajstić information content (AvgIpc) is 2.95. The number of carbonyl (C=O) groups is 2. The number of pyridine rings is 1. The van der Waals surface area contributed by atoms with E-state index >= 15 is 0 Å². The zero-order valence-electron chi connectivity index (χ0n) is 12.4. The molecule has 0 radical (unpaired) electrons. The summed E-state index contributed by atoms with van der Waals surface area (Å²) in [5, 5.41) is 2.60. The van der Waals surface area contributed by atoms with Gasteiger partial charge >= 0.3 is 6.18 Å². The monoisotopic (exact) mass is 331 g/mol. The Morgan fingerprint density at radius 3 is 2.74 bits per heavy atom. The smallest absolute Gasteiger partial charge is 0.422 e. The number of alkyl halides is 3. The summed E-state index contributed by atoms with van der Waals surface area (Å²) in [5.74, 6) is -0.702. The van der Waals surface area contributed by atoms with Crippen molar-refractivity contribution in [3.05, 3.63) is 18.3 Å². The van der Waals surface area contributed by atoms with Gasteiger partial charge in [-0.1, -0.05) is 0 Å². The molecule has 1 aliphatic heterocycles. The van der Waals surface area contributed by atoms with Gasteiger partial charge in [-0.05, 0) is 18.9 Å². The highest BCUT2D eigenvalue weighted by Crippen LogP contribution is 2.21. The van der Waals surface area contributed by atoms with Crippen LogP contribution in [0.3, 0.4) is 0 Å². The first kappa shape index (κ1) is 17.0. The number of nitrogens with zero attached hydrogens (tertiary/aromatic N) is 2. The third kappa shape index (κ3) is 4.83. The van der Waals surface area contributed by atoms with E-state index in [1.54, 1.807) is 0 Å². The first-order valence-corrected chi connectivity index (χ1v) is 7.00. The Labute approximate surface area is 130 Å². The summed E-state index contributed by atoms with van der Waals surface area (Å²) >= 11 is 0. The Morgan fingerprint density at radius 2 is 2.17 bits per heavy atom. The van der Waals surface area contributed by atoms with Crippen molar-refractivity contribution in [3.63, 3.8) is 0 Å². The molecule has 0 spiro atoms. The van der Waals surface area contributed by atoms with Gasteiger partial charge in [0.1, 0.15) is 6.04 Å². The summed E-state index contributed by atoms with van der Waals surface area (Å²) in [6, 6.07) is 2.09. The number of rotatable bonds is 4. The lowest BCUT2D eigenvalue weighted by atomic mass is 10.2. The molecule has 0 aromatic carbocycles. The number of halogens is 3. The van der Waals surface area contributed by atoms with Crippen LogP contribution in [0.15, 0.2) is 18.3 Å². The highest BCUT2D eigenvalue weighted by Gasteiger charge is 2.32. The second-order valence-electron chi connectivity index (χ2n) is 5.15. The molecule has 1 aromatic rings. The highest BCUT2D eigenvalue weighted by molar-refractivity contribution is 5.97. The molecule has 0 bridgehead atoms. The van der Waals surface area contributed by atoms with Crippen molar-refractivity contribution in [2.75, 3.05) is 18.5 Å². The highest BCUT2D eigenvalue weighted by atomic mass is 19.4. The van der Waals surface area contributed by atoms with E-state index in [9.17, 15) is 22.8 Å². The Bertz CT molecular complexity index is 575. The van der Waals surface area contributed by atoms with Gasteiger partial charge in [0.05, 0.1) is 11.9 Å². The fraction of sp³-hybridized carbons (Fsp3) is 0.500. The molecule has 1 aliphatic rings. The van der Waals surface area contributed by atoms with Gasteiger partial charge in [-0.25, -0.2) is 4.98 Å². The molecule has 0 aliphatic carbocycles. The third-order valence-electron chi connectivity index (χ3n) is 3.35. The van der Waals surface area contributed by atoms with Crippen LogP contribution in [0.25, 0.3) is 0 Å². The van der Waals surface area contributed by atoms with Gasteiger partial charge in [0.25, 0.3) is 0 Å². The molecule has 2 rings (SSSR count). The molecule has 1 N–H and O–H groups in total. The van der Waals surface area contributed by atoms with Crippen LogP contribution in [-0.4, -0.2) is 47.1 Å². The summed E-state index contributed by atoms with van der Waals surface area (Å²) in [6.07, 6.45) is -1.91. The van der Waals surface area contributed by atoms with Crippen LogP contribution in [0.5, 0.6) is 5.88 Å². The van der Waals surface area contributed by atoms with Gasteiger partial charge in [-0.2, -0.15) is 13.2 Å². The van der Waals surface area contributed by atoms with Gasteiger partial charge < -0.3 is 15.0 Å². The van der Waals surface area contributed by atoms with E-state index in [0.29, 0.717) is 18.7 Å². The van der Waals surface area contributed by atoms with Crippen LogP contribution >= 0.6 is 0 Å². The summed E-state index contributed by atoms with van der Waals surface area (Å²) in [4.78, 5) is 28.8. The largest absolute Gasteiger partial charge is 0.468 e. The quantitative estimate of drug-likeness (QED) is 0.916. The third-order valence-corrected chi connectivity index (χ3v) is 3.35. The molecule has 1 unspecified atom stereocenters. The van der Waals surface area contributed by atoms with Gasteiger partial charge in [0.2, 0.25) is 17.7 Å². The fourth-order valence-corrected chi connectivity index (χ4v) is 2.34. The van der Waals surface area contributed by atoms with Crippen molar-refractivity contribution >= 4 is 17.5 Å². The minimum atomic E-state index is -4.44. The Morgan fingerprint density at radius 1 is 1.43 bits per heavy atom. The number of likely N-dealkylation sites (tertiary alicyclic amines) is 1. The Kier molecular flexibility index (Phi) is 5.07. The number of amides is 2. The number of carbonyl (C=O) groups excluding carboxylic acids is 2. The number of anilines is 1. The van der Waals surface area contributed by atoms with Crippen LogP contribution < -0.4 is 10.1 Å². The minimum absolute atomic E-state index is 0.170. The molecule has 23 heavy (non-hydrogen) atoms. The number of aromatic nitrogens is 1. The molecule has 2 amide bonds. The number of nitrogens with one attached hydrogen (secondary N) is 1. The van der Waals surface area contributed by atoms with E-state index < -0.39 is 18.8 Å². The molecule has 9 heteroatoms. The zero-order valence-corrected chi connectivity index (χ0v) is 12.4. The number of hydrogen-bond acceptors (Lipinski definition) is 4. The van der Waals surface area contributed by atoms with E-state index in [0.717, 1.165) is 6.42 Å². The van der Waals surface area contributed by atoms with E-state index in [-0.39, 0.29) is 17.7 Å². The molecule has 2 heterocycles. The standard InChI is InChI=1S/C14H16F3N3O3/c1-9(21)20-6-2-3-11(20)13(22)19-10-4-5-12(18-7-10)23-8-14(15,16)17/h4-5,7,11H,2-3,6,8H2,1H3,(H,19,22). The average molecular weight is 331 g/mol. The molecular formula is C14H16F3N3O3. The van der Waals surface area contributed by atoms with E-state index in [4.69, 9.17) is 0 Å². The summed E-state index contributed by atoms with van der Waals surface area (Å²) in [7, 11) is 0. The van der Waals surface area contributed by atoms with Crippen LogP contribution in [0.2, 0.25) is 0 Å². The van der Waals surface area contributed by atoms with Crippen molar-refractivity contribution in [1.82, 2.24) is 9.88 Å². The first-order valence-electron chi connectivity index (χ1n) is 7.00. The lowest BCUT2D eigenvalue weighted by Gasteiger charge is -2.22. The summed E-state index contributed by atoms with van der Waals surface area (Å²) in [6.45, 7) is 0.511. The van der Waals surface area contributed by atoms with Crippen LogP contribution in [0.4, 0.5) is 18.9 Å².